The Hall–Kier alpha value is -2.99. The van der Waals surface area contributed by atoms with Gasteiger partial charge in [0.2, 0.25) is 0 Å². The average Bonchev–Trinajstić information content (AvgIpc) is 2.63. The van der Waals surface area contributed by atoms with E-state index in [-0.39, 0.29) is 17.4 Å². The van der Waals surface area contributed by atoms with Crippen molar-refractivity contribution in [3.8, 4) is 0 Å². The standard InChI is InChI=1S/C18H14ClFN4O/c19-15-4-2-1-3-12(15)10-21-18(25)16-9-17(23-11-22-16)24-14-7-5-13(20)6-8-14/h1-9,11H,10H2,(H,21,25)(H,22,23,24). The summed E-state index contributed by atoms with van der Waals surface area (Å²) in [6.07, 6.45) is 1.29. The van der Waals surface area contributed by atoms with E-state index < -0.39 is 0 Å². The van der Waals surface area contributed by atoms with Crippen LogP contribution in [0, 0.1) is 5.82 Å². The second-order valence-electron chi connectivity index (χ2n) is 5.19. The largest absolute Gasteiger partial charge is 0.347 e. The fraction of sp³-hybridized carbons (Fsp3) is 0.0556. The van der Waals surface area contributed by atoms with Gasteiger partial charge in [-0.1, -0.05) is 29.8 Å². The molecule has 3 rings (SSSR count). The molecule has 0 radical (unpaired) electrons. The first kappa shape index (κ1) is 16.9. The van der Waals surface area contributed by atoms with Crippen LogP contribution >= 0.6 is 11.6 Å². The van der Waals surface area contributed by atoms with Gasteiger partial charge in [0.25, 0.3) is 5.91 Å². The maximum Gasteiger partial charge on any atom is 0.270 e. The highest BCUT2D eigenvalue weighted by Crippen LogP contribution is 2.16. The molecule has 1 amide bonds. The Labute approximate surface area is 148 Å². The zero-order valence-electron chi connectivity index (χ0n) is 13.0. The first-order chi connectivity index (χ1) is 12.1. The molecule has 1 heterocycles. The Bertz CT molecular complexity index is 886. The molecule has 0 saturated heterocycles. The van der Waals surface area contributed by atoms with Gasteiger partial charge in [-0.25, -0.2) is 14.4 Å². The zero-order valence-corrected chi connectivity index (χ0v) is 13.8. The fourth-order valence-corrected chi connectivity index (χ4v) is 2.34. The maximum absolute atomic E-state index is 12.9. The van der Waals surface area contributed by atoms with Crippen LogP contribution in [0.5, 0.6) is 0 Å². The van der Waals surface area contributed by atoms with Crippen LogP contribution in [-0.4, -0.2) is 15.9 Å². The molecule has 3 aromatic rings. The molecular weight excluding hydrogens is 343 g/mol. The third kappa shape index (κ3) is 4.51. The van der Waals surface area contributed by atoms with Gasteiger partial charge in [0, 0.05) is 23.3 Å². The molecule has 0 spiro atoms. The first-order valence-electron chi connectivity index (χ1n) is 7.48. The van der Waals surface area contributed by atoms with Crippen molar-refractivity contribution in [2.75, 3.05) is 5.32 Å². The number of rotatable bonds is 5. The first-order valence-corrected chi connectivity index (χ1v) is 7.86. The fourth-order valence-electron chi connectivity index (χ4n) is 2.14. The van der Waals surface area contributed by atoms with Crippen molar-refractivity contribution < 1.29 is 9.18 Å². The highest BCUT2D eigenvalue weighted by Gasteiger charge is 2.09. The van der Waals surface area contributed by atoms with Gasteiger partial charge in [0.05, 0.1) is 0 Å². The van der Waals surface area contributed by atoms with Gasteiger partial charge in [-0.05, 0) is 35.9 Å². The van der Waals surface area contributed by atoms with Crippen LogP contribution in [0.3, 0.4) is 0 Å². The molecule has 0 unspecified atom stereocenters. The Kier molecular flexibility index (Phi) is 5.20. The highest BCUT2D eigenvalue weighted by atomic mass is 35.5. The molecule has 0 aliphatic rings. The Morgan fingerprint density at radius 1 is 1.08 bits per heavy atom. The van der Waals surface area contributed by atoms with Gasteiger partial charge < -0.3 is 10.6 Å². The number of halogens is 2. The van der Waals surface area contributed by atoms with Crippen molar-refractivity contribution in [2.45, 2.75) is 6.54 Å². The Morgan fingerprint density at radius 3 is 2.60 bits per heavy atom. The minimum absolute atomic E-state index is 0.215. The summed E-state index contributed by atoms with van der Waals surface area (Å²) in [6, 6.07) is 14.6. The molecule has 5 nitrogen and oxygen atoms in total. The maximum atomic E-state index is 12.9. The molecule has 0 fully saturated rings. The molecular formula is C18H14ClFN4O. The molecule has 126 valence electrons. The van der Waals surface area contributed by atoms with E-state index in [0.29, 0.717) is 23.1 Å². The van der Waals surface area contributed by atoms with Crippen LogP contribution in [0.25, 0.3) is 0 Å². The summed E-state index contributed by atoms with van der Waals surface area (Å²) in [6.45, 7) is 0.295. The Morgan fingerprint density at radius 2 is 1.84 bits per heavy atom. The van der Waals surface area contributed by atoms with Gasteiger partial charge >= 0.3 is 0 Å². The highest BCUT2D eigenvalue weighted by molar-refractivity contribution is 6.31. The second kappa shape index (κ2) is 7.72. The lowest BCUT2D eigenvalue weighted by molar-refractivity contribution is 0.0946. The second-order valence-corrected chi connectivity index (χ2v) is 5.60. The summed E-state index contributed by atoms with van der Waals surface area (Å²) in [5.41, 5.74) is 1.69. The predicted molar refractivity (Wildman–Crippen MR) is 94.3 cm³/mol. The van der Waals surface area contributed by atoms with Gasteiger partial charge in [-0.15, -0.1) is 0 Å². The monoisotopic (exact) mass is 356 g/mol. The van der Waals surface area contributed by atoms with Crippen LogP contribution in [-0.2, 0) is 6.54 Å². The lowest BCUT2D eigenvalue weighted by atomic mass is 10.2. The smallest absolute Gasteiger partial charge is 0.270 e. The van der Waals surface area contributed by atoms with E-state index in [0.717, 1.165) is 5.56 Å². The number of hydrogen-bond donors (Lipinski definition) is 2. The lowest BCUT2D eigenvalue weighted by Gasteiger charge is -2.08. The summed E-state index contributed by atoms with van der Waals surface area (Å²) in [5, 5.41) is 6.34. The van der Waals surface area contributed by atoms with E-state index in [1.54, 1.807) is 18.2 Å². The number of benzene rings is 2. The van der Waals surface area contributed by atoms with Gasteiger partial charge in [-0.3, -0.25) is 4.79 Å². The van der Waals surface area contributed by atoms with Crippen LogP contribution in [0.1, 0.15) is 16.1 Å². The van der Waals surface area contributed by atoms with Crippen LogP contribution in [0.2, 0.25) is 5.02 Å². The van der Waals surface area contributed by atoms with Crippen molar-refractivity contribution in [1.29, 1.82) is 0 Å². The summed E-state index contributed by atoms with van der Waals surface area (Å²) in [5.74, 6) is -0.234. The third-order valence-electron chi connectivity index (χ3n) is 3.41. The minimum Gasteiger partial charge on any atom is -0.347 e. The number of nitrogens with zero attached hydrogens (tertiary/aromatic N) is 2. The van der Waals surface area contributed by atoms with E-state index in [9.17, 15) is 9.18 Å². The molecule has 25 heavy (non-hydrogen) atoms. The van der Waals surface area contributed by atoms with E-state index in [4.69, 9.17) is 11.6 Å². The molecule has 0 saturated carbocycles. The average molecular weight is 357 g/mol. The Balaban J connectivity index is 1.67. The molecule has 1 aromatic heterocycles. The van der Waals surface area contributed by atoms with Crippen molar-refractivity contribution in [3.63, 3.8) is 0 Å². The summed E-state index contributed by atoms with van der Waals surface area (Å²) in [4.78, 5) is 20.3. The van der Waals surface area contributed by atoms with Crippen molar-refractivity contribution >= 4 is 29.0 Å². The molecule has 2 aromatic carbocycles. The van der Waals surface area contributed by atoms with E-state index in [1.807, 2.05) is 18.2 Å². The minimum atomic E-state index is -0.343. The molecule has 0 aliphatic heterocycles. The predicted octanol–water partition coefficient (Wildman–Crippen LogP) is 3.94. The molecule has 7 heteroatoms. The number of nitrogens with one attached hydrogen (secondary N) is 2. The topological polar surface area (TPSA) is 66.9 Å². The quantitative estimate of drug-likeness (QED) is 0.726. The van der Waals surface area contributed by atoms with Gasteiger partial charge in [-0.2, -0.15) is 0 Å². The molecule has 0 aliphatic carbocycles. The molecule has 0 atom stereocenters. The molecule has 2 N–H and O–H groups in total. The number of carbonyl (C=O) groups is 1. The number of hydrogen-bond acceptors (Lipinski definition) is 4. The van der Waals surface area contributed by atoms with Crippen molar-refractivity contribution in [1.82, 2.24) is 15.3 Å². The van der Waals surface area contributed by atoms with Crippen LogP contribution in [0.15, 0.2) is 60.9 Å². The number of anilines is 2. The lowest BCUT2D eigenvalue weighted by Crippen LogP contribution is -2.24. The summed E-state index contributed by atoms with van der Waals surface area (Å²) < 4.78 is 12.9. The van der Waals surface area contributed by atoms with Gasteiger partial charge in [0.15, 0.2) is 0 Å². The van der Waals surface area contributed by atoms with E-state index >= 15 is 0 Å². The molecule has 0 bridgehead atoms. The zero-order chi connectivity index (χ0) is 17.6. The summed E-state index contributed by atoms with van der Waals surface area (Å²) in [7, 11) is 0. The number of aromatic nitrogens is 2. The van der Waals surface area contributed by atoms with Crippen molar-refractivity contribution in [3.05, 3.63) is 83.0 Å². The third-order valence-corrected chi connectivity index (χ3v) is 3.78. The van der Waals surface area contributed by atoms with E-state index in [2.05, 4.69) is 20.6 Å². The summed E-state index contributed by atoms with van der Waals surface area (Å²) >= 11 is 6.07. The number of amides is 1. The van der Waals surface area contributed by atoms with Crippen molar-refractivity contribution in [2.24, 2.45) is 0 Å². The number of carbonyl (C=O) groups excluding carboxylic acids is 1. The SMILES string of the molecule is O=C(NCc1ccccc1Cl)c1cc(Nc2ccc(F)cc2)ncn1. The normalized spacial score (nSPS) is 10.3. The van der Waals surface area contributed by atoms with E-state index in [1.165, 1.54) is 24.5 Å². The van der Waals surface area contributed by atoms with Gasteiger partial charge in [0.1, 0.15) is 23.7 Å². The van der Waals surface area contributed by atoms with Crippen LogP contribution < -0.4 is 10.6 Å². The van der Waals surface area contributed by atoms with Crippen LogP contribution in [0.4, 0.5) is 15.9 Å².